The van der Waals surface area contributed by atoms with Gasteiger partial charge in [-0.25, -0.2) is 4.79 Å². The van der Waals surface area contributed by atoms with Gasteiger partial charge in [-0.15, -0.1) is 0 Å². The second-order valence-electron chi connectivity index (χ2n) is 13.6. The zero-order chi connectivity index (χ0) is 38.2. The molecule has 0 saturated carbocycles. The number of nitrogens with one attached hydrogen (secondary N) is 2. The SMILES string of the molecule is CC(C)(C)OC(=O)N1CCC(CNC(=O)C(Cc2ccccc2)NC(=O)c2ccc(S(=O)(=O)N(Oc3ccc(Cl)cc3Cl)c3ccccc3)cc2)CC1. The molecule has 0 aromatic heterocycles. The first-order valence-electron chi connectivity index (χ1n) is 17.1. The Morgan fingerprint density at radius 3 is 2.11 bits per heavy atom. The molecule has 0 radical (unpaired) electrons. The molecule has 11 nitrogen and oxygen atoms in total. The number of nitrogens with zero attached hydrogens (tertiary/aromatic N) is 2. The zero-order valence-electron chi connectivity index (χ0n) is 29.6. The van der Waals surface area contributed by atoms with Gasteiger partial charge in [-0.3, -0.25) is 9.59 Å². The van der Waals surface area contributed by atoms with Crippen molar-refractivity contribution in [3.63, 3.8) is 0 Å². The minimum Gasteiger partial charge on any atom is -0.444 e. The highest BCUT2D eigenvalue weighted by Gasteiger charge is 2.30. The number of sulfonamides is 1. The third kappa shape index (κ3) is 10.9. The summed E-state index contributed by atoms with van der Waals surface area (Å²) in [7, 11) is -4.34. The van der Waals surface area contributed by atoms with E-state index in [9.17, 15) is 22.8 Å². The molecular weight excluding hydrogens is 739 g/mol. The van der Waals surface area contributed by atoms with E-state index in [-0.39, 0.29) is 51.3 Å². The van der Waals surface area contributed by atoms with Crippen LogP contribution in [0.4, 0.5) is 10.5 Å². The van der Waals surface area contributed by atoms with E-state index in [0.29, 0.717) is 37.5 Å². The summed E-state index contributed by atoms with van der Waals surface area (Å²) in [5.74, 6) is -0.698. The largest absolute Gasteiger partial charge is 0.444 e. The number of para-hydroxylation sites is 1. The predicted molar refractivity (Wildman–Crippen MR) is 205 cm³/mol. The summed E-state index contributed by atoms with van der Waals surface area (Å²) in [5.41, 5.74) is 0.634. The number of rotatable bonds is 12. The number of carbonyl (C=O) groups excluding carboxylic acids is 3. The fourth-order valence-corrected chi connectivity index (χ4v) is 7.31. The average Bonchev–Trinajstić information content (AvgIpc) is 3.13. The van der Waals surface area contributed by atoms with Crippen LogP contribution in [0.3, 0.4) is 0 Å². The topological polar surface area (TPSA) is 134 Å². The molecule has 14 heteroatoms. The van der Waals surface area contributed by atoms with Crippen LogP contribution in [0.2, 0.25) is 10.0 Å². The first kappa shape index (κ1) is 39.4. The van der Waals surface area contributed by atoms with Crippen molar-refractivity contribution in [3.8, 4) is 5.75 Å². The van der Waals surface area contributed by atoms with Crippen LogP contribution in [-0.4, -0.2) is 62.5 Å². The number of halogens is 2. The maximum Gasteiger partial charge on any atom is 0.410 e. The number of hydrogen-bond donors (Lipinski definition) is 2. The molecule has 1 aliphatic rings. The van der Waals surface area contributed by atoms with Gasteiger partial charge in [-0.05, 0) is 99.7 Å². The standard InChI is InChI=1S/C39H42Cl2N4O7S/c1-39(2,3)51-38(48)44-22-20-28(21-23-44)26-42-37(47)34(24-27-10-6-4-7-11-27)43-36(46)29-14-17-32(18-15-29)53(49,50)45(31-12-8-5-9-13-31)52-35-19-16-30(40)25-33(35)41/h4-19,25,28,34H,20-24,26H2,1-3H3,(H,42,47)(H,43,46). The van der Waals surface area contributed by atoms with Gasteiger partial charge < -0.3 is 25.1 Å². The molecule has 280 valence electrons. The molecule has 2 N–H and O–H groups in total. The van der Waals surface area contributed by atoms with Gasteiger partial charge in [0.05, 0.1) is 15.6 Å². The number of benzene rings is 4. The van der Waals surface area contributed by atoms with E-state index in [0.717, 1.165) is 10.0 Å². The fraction of sp³-hybridized carbons (Fsp3) is 0.308. The normalized spacial score (nSPS) is 14.2. The Morgan fingerprint density at radius 1 is 0.887 bits per heavy atom. The highest BCUT2D eigenvalue weighted by atomic mass is 35.5. The van der Waals surface area contributed by atoms with Crippen LogP contribution in [0.1, 0.15) is 49.5 Å². The molecular formula is C39H42Cl2N4O7S. The van der Waals surface area contributed by atoms with Crippen LogP contribution in [0, 0.1) is 5.92 Å². The maximum atomic E-state index is 13.9. The van der Waals surface area contributed by atoms with Crippen LogP contribution in [0.15, 0.2) is 108 Å². The van der Waals surface area contributed by atoms with E-state index in [4.69, 9.17) is 32.8 Å². The van der Waals surface area contributed by atoms with Crippen molar-refractivity contribution in [3.05, 3.63) is 124 Å². The number of likely N-dealkylation sites (tertiary alicyclic amines) is 1. The van der Waals surface area contributed by atoms with Gasteiger partial charge in [0, 0.05) is 36.6 Å². The maximum absolute atomic E-state index is 13.9. The summed E-state index contributed by atoms with van der Waals surface area (Å²) < 4.78 is 34.1. The van der Waals surface area contributed by atoms with Crippen molar-refractivity contribution < 1.29 is 32.4 Å². The molecule has 4 aromatic carbocycles. The molecule has 5 rings (SSSR count). The number of hydrogen-bond acceptors (Lipinski definition) is 7. The smallest absolute Gasteiger partial charge is 0.410 e. The van der Waals surface area contributed by atoms with Crippen molar-refractivity contribution in [2.75, 3.05) is 24.1 Å². The number of anilines is 1. The summed E-state index contributed by atoms with van der Waals surface area (Å²) >= 11 is 12.3. The lowest BCUT2D eigenvalue weighted by Crippen LogP contribution is -2.50. The van der Waals surface area contributed by atoms with E-state index >= 15 is 0 Å². The van der Waals surface area contributed by atoms with E-state index in [1.54, 1.807) is 35.2 Å². The molecule has 0 aliphatic carbocycles. The van der Waals surface area contributed by atoms with Gasteiger partial charge in [0.1, 0.15) is 11.6 Å². The van der Waals surface area contributed by atoms with Crippen molar-refractivity contribution in [2.45, 2.75) is 56.6 Å². The molecule has 1 atom stereocenters. The van der Waals surface area contributed by atoms with Gasteiger partial charge in [0.2, 0.25) is 5.91 Å². The molecule has 0 spiro atoms. The number of carbonyl (C=O) groups is 3. The first-order valence-corrected chi connectivity index (χ1v) is 19.3. The highest BCUT2D eigenvalue weighted by Crippen LogP contribution is 2.32. The molecule has 1 aliphatic heterocycles. The minimum atomic E-state index is -4.34. The molecule has 1 heterocycles. The van der Waals surface area contributed by atoms with Crippen molar-refractivity contribution in [1.82, 2.24) is 15.5 Å². The lowest BCUT2D eigenvalue weighted by molar-refractivity contribution is -0.123. The third-order valence-corrected chi connectivity index (χ3v) is 10.5. The second-order valence-corrected chi connectivity index (χ2v) is 16.2. The molecule has 4 aromatic rings. The summed E-state index contributed by atoms with van der Waals surface area (Å²) in [6.45, 7) is 6.92. The van der Waals surface area contributed by atoms with E-state index in [2.05, 4.69) is 10.6 Å². The average molecular weight is 782 g/mol. The molecule has 1 fully saturated rings. The Bertz CT molecular complexity index is 1990. The van der Waals surface area contributed by atoms with Crippen molar-refractivity contribution >= 4 is 56.8 Å². The van der Waals surface area contributed by atoms with Crippen LogP contribution in [0.25, 0.3) is 0 Å². The Balaban J connectivity index is 1.27. The van der Waals surface area contributed by atoms with Crippen LogP contribution in [-0.2, 0) is 26.0 Å². The van der Waals surface area contributed by atoms with Gasteiger partial charge >= 0.3 is 6.09 Å². The van der Waals surface area contributed by atoms with Gasteiger partial charge in [-0.1, -0.05) is 76.2 Å². The molecule has 53 heavy (non-hydrogen) atoms. The van der Waals surface area contributed by atoms with Gasteiger partial charge in [-0.2, -0.15) is 8.42 Å². The Kier molecular flexibility index (Phi) is 12.9. The van der Waals surface area contributed by atoms with E-state index < -0.39 is 27.6 Å². The first-order chi connectivity index (χ1) is 25.2. The number of piperidine rings is 1. The zero-order valence-corrected chi connectivity index (χ0v) is 32.0. The van der Waals surface area contributed by atoms with Crippen LogP contribution < -0.4 is 19.9 Å². The third-order valence-electron chi connectivity index (χ3n) is 8.41. The van der Waals surface area contributed by atoms with E-state index in [1.165, 1.54) is 42.5 Å². The monoisotopic (exact) mass is 780 g/mol. The minimum absolute atomic E-state index is 0.0634. The molecule has 1 unspecified atom stereocenters. The van der Waals surface area contributed by atoms with Gasteiger partial charge in [0.15, 0.2) is 5.75 Å². The quantitative estimate of drug-likeness (QED) is 0.144. The summed E-state index contributed by atoms with van der Waals surface area (Å²) in [4.78, 5) is 46.9. The van der Waals surface area contributed by atoms with Crippen LogP contribution >= 0.6 is 23.2 Å². The molecule has 0 bridgehead atoms. The second kappa shape index (κ2) is 17.4. The van der Waals surface area contributed by atoms with Crippen molar-refractivity contribution in [2.24, 2.45) is 5.92 Å². The fourth-order valence-electron chi connectivity index (χ4n) is 5.62. The lowest BCUT2D eigenvalue weighted by Gasteiger charge is -2.33. The van der Waals surface area contributed by atoms with Gasteiger partial charge in [0.25, 0.3) is 15.9 Å². The summed E-state index contributed by atoms with van der Waals surface area (Å²) in [6, 6.07) is 26.3. The molecule has 1 saturated heterocycles. The highest BCUT2D eigenvalue weighted by molar-refractivity contribution is 7.92. The van der Waals surface area contributed by atoms with Crippen molar-refractivity contribution in [1.29, 1.82) is 0 Å². The van der Waals surface area contributed by atoms with E-state index in [1.807, 2.05) is 51.1 Å². The predicted octanol–water partition coefficient (Wildman–Crippen LogP) is 7.29. The molecule has 3 amide bonds. The number of ether oxygens (including phenoxy) is 1. The summed E-state index contributed by atoms with van der Waals surface area (Å²) in [5, 5.41) is 6.29. The Morgan fingerprint density at radius 2 is 1.51 bits per heavy atom. The Labute approximate surface area is 320 Å². The summed E-state index contributed by atoms with van der Waals surface area (Å²) in [6.07, 6.45) is 1.29. The Hall–Kier alpha value is -4.78. The lowest BCUT2D eigenvalue weighted by atomic mass is 9.96. The number of amides is 3. The van der Waals surface area contributed by atoms with Crippen LogP contribution in [0.5, 0.6) is 5.75 Å².